The molecule has 0 atom stereocenters. The summed E-state index contributed by atoms with van der Waals surface area (Å²) in [5, 5.41) is 0. The Balaban J connectivity index is 1.15. The summed E-state index contributed by atoms with van der Waals surface area (Å²) in [6, 6.07) is 19.0. The van der Waals surface area contributed by atoms with Crippen LogP contribution >= 0.6 is 0 Å². The molecule has 6 aromatic rings. The van der Waals surface area contributed by atoms with Gasteiger partial charge in [0, 0.05) is 75.4 Å². The number of pyridine rings is 6. The fraction of sp³-hybridized carbons (Fsp3) is 0.286. The zero-order valence-electron chi connectivity index (χ0n) is 32.2. The molecule has 20 heteroatoms. The molecule has 6 heterocycles. The summed E-state index contributed by atoms with van der Waals surface area (Å²) in [5.74, 6) is 0. The summed E-state index contributed by atoms with van der Waals surface area (Å²) in [6.07, 6.45) is -14.8. The van der Waals surface area contributed by atoms with E-state index in [4.69, 9.17) is 9.97 Å². The van der Waals surface area contributed by atoms with Gasteiger partial charge in [-0.3, -0.25) is 39.7 Å². The minimum atomic E-state index is -4.59. The Kier molecular flexibility index (Phi) is 13.9. The van der Waals surface area contributed by atoms with Gasteiger partial charge < -0.3 is 0 Å². The molecule has 0 unspecified atom stereocenters. The number of nitrogens with zero attached hydrogens (tertiary/aromatic N) is 8. The Bertz CT molecular complexity index is 2080. The molecule has 0 spiro atoms. The van der Waals surface area contributed by atoms with Crippen LogP contribution in [-0.2, 0) is 76.8 Å². The van der Waals surface area contributed by atoms with E-state index in [2.05, 4.69) is 19.9 Å². The van der Waals surface area contributed by atoms with E-state index >= 15 is 0 Å². The second-order valence-electron chi connectivity index (χ2n) is 14.2. The van der Waals surface area contributed by atoms with Crippen molar-refractivity contribution < 1.29 is 52.7 Å². The molecule has 0 bridgehead atoms. The topological polar surface area (TPSA) is 83.8 Å². The lowest BCUT2D eigenvalue weighted by atomic mass is 10.1. The van der Waals surface area contributed by atoms with Gasteiger partial charge in [-0.15, -0.1) is 0 Å². The molecule has 0 fully saturated rings. The quantitative estimate of drug-likeness (QED) is 0.0944. The standard InChI is InChI=1S/C42H34F12N8/c43-39(44,45)27-7-11-33(55-17-27)21-61(22-34-12-8-28(18-56-34)40(46,47)48)25-37-5-1-3-31(59-37)15-16-32-4-2-6-38(60-32)26-62(23-35-13-9-29(19-57-35)41(49,50)51)24-36-14-10-30(20-58-36)42(52,53)54/h1-14,17-20H,15-16,21-26H2. The third-order valence-corrected chi connectivity index (χ3v) is 9.29. The van der Waals surface area contributed by atoms with Crippen molar-refractivity contribution >= 4 is 0 Å². The molecule has 62 heavy (non-hydrogen) atoms. The van der Waals surface area contributed by atoms with Crippen molar-refractivity contribution in [3.05, 3.63) is 178 Å². The van der Waals surface area contributed by atoms with E-state index in [0.29, 0.717) is 60.4 Å². The second-order valence-corrected chi connectivity index (χ2v) is 14.2. The van der Waals surface area contributed by atoms with E-state index < -0.39 is 47.0 Å². The lowest BCUT2D eigenvalue weighted by Crippen LogP contribution is -2.24. The second kappa shape index (κ2) is 18.9. The van der Waals surface area contributed by atoms with E-state index in [0.717, 1.165) is 24.3 Å². The van der Waals surface area contributed by atoms with Gasteiger partial charge in [0.1, 0.15) is 0 Å². The van der Waals surface area contributed by atoms with Crippen LogP contribution in [0.25, 0.3) is 0 Å². The van der Waals surface area contributed by atoms with Crippen molar-refractivity contribution in [2.45, 2.75) is 76.8 Å². The average molecular weight is 879 g/mol. The first-order chi connectivity index (χ1) is 29.2. The zero-order chi connectivity index (χ0) is 44.7. The molecule has 6 aromatic heterocycles. The fourth-order valence-electron chi connectivity index (χ4n) is 6.22. The smallest absolute Gasteiger partial charge is 0.286 e. The molecule has 0 saturated carbocycles. The van der Waals surface area contributed by atoms with Gasteiger partial charge in [-0.25, -0.2) is 0 Å². The number of alkyl halides is 12. The molecule has 8 nitrogen and oxygen atoms in total. The molecule has 0 amide bonds. The van der Waals surface area contributed by atoms with Crippen LogP contribution in [0.4, 0.5) is 52.7 Å². The minimum absolute atomic E-state index is 0.0182. The van der Waals surface area contributed by atoms with Gasteiger partial charge in [0.2, 0.25) is 0 Å². The van der Waals surface area contributed by atoms with Crippen molar-refractivity contribution in [1.29, 1.82) is 0 Å². The van der Waals surface area contributed by atoms with Gasteiger partial charge in [-0.2, -0.15) is 52.7 Å². The first-order valence-corrected chi connectivity index (χ1v) is 18.6. The normalized spacial score (nSPS) is 12.7. The molecule has 6 rings (SSSR count). The number of rotatable bonds is 15. The largest absolute Gasteiger partial charge is 0.417 e. The van der Waals surface area contributed by atoms with Crippen LogP contribution in [0.2, 0.25) is 0 Å². The van der Waals surface area contributed by atoms with Gasteiger partial charge in [-0.1, -0.05) is 12.1 Å². The maximum absolute atomic E-state index is 13.2. The van der Waals surface area contributed by atoms with Crippen LogP contribution in [0.5, 0.6) is 0 Å². The highest BCUT2D eigenvalue weighted by atomic mass is 19.4. The number of hydrogen-bond acceptors (Lipinski definition) is 8. The lowest BCUT2D eigenvalue weighted by Gasteiger charge is -2.22. The highest BCUT2D eigenvalue weighted by Crippen LogP contribution is 2.32. The fourth-order valence-corrected chi connectivity index (χ4v) is 6.22. The molecule has 0 aliphatic heterocycles. The summed E-state index contributed by atoms with van der Waals surface area (Å²) in [7, 11) is 0. The molecule has 0 radical (unpaired) electrons. The minimum Gasteiger partial charge on any atom is -0.286 e. The predicted molar refractivity (Wildman–Crippen MR) is 199 cm³/mol. The molecule has 0 saturated heterocycles. The van der Waals surface area contributed by atoms with E-state index in [1.807, 2.05) is 0 Å². The van der Waals surface area contributed by atoms with Crippen molar-refractivity contribution in [3.8, 4) is 0 Å². The van der Waals surface area contributed by atoms with Gasteiger partial charge in [0.15, 0.2) is 0 Å². The summed E-state index contributed by atoms with van der Waals surface area (Å²) in [5.41, 5.74) is -0.242. The molecule has 0 aliphatic rings. The Hall–Kier alpha value is -6.02. The summed E-state index contributed by atoms with van der Waals surface area (Å²) < 4.78 is 158. The van der Waals surface area contributed by atoms with Gasteiger partial charge in [0.25, 0.3) is 0 Å². The lowest BCUT2D eigenvalue weighted by molar-refractivity contribution is -0.138. The highest BCUT2D eigenvalue weighted by molar-refractivity contribution is 5.22. The average Bonchev–Trinajstić information content (AvgIpc) is 3.20. The van der Waals surface area contributed by atoms with E-state index in [-0.39, 0.29) is 62.0 Å². The van der Waals surface area contributed by atoms with E-state index in [1.165, 1.54) is 24.3 Å². The number of aryl methyl sites for hydroxylation is 2. The van der Waals surface area contributed by atoms with E-state index in [9.17, 15) is 52.7 Å². The van der Waals surface area contributed by atoms with E-state index in [1.54, 1.807) is 46.2 Å². The maximum Gasteiger partial charge on any atom is 0.417 e. The monoisotopic (exact) mass is 878 g/mol. The van der Waals surface area contributed by atoms with Gasteiger partial charge >= 0.3 is 24.7 Å². The summed E-state index contributed by atoms with van der Waals surface area (Å²) in [6.45, 7) is 0.331. The van der Waals surface area contributed by atoms with Crippen molar-refractivity contribution in [1.82, 2.24) is 39.7 Å². The Morgan fingerprint density at radius 3 is 0.774 bits per heavy atom. The van der Waals surface area contributed by atoms with Crippen molar-refractivity contribution in [3.63, 3.8) is 0 Å². The van der Waals surface area contributed by atoms with Crippen LogP contribution in [0.3, 0.4) is 0 Å². The van der Waals surface area contributed by atoms with Gasteiger partial charge in [0.05, 0.1) is 56.4 Å². The molecule has 0 aliphatic carbocycles. The zero-order valence-corrected chi connectivity index (χ0v) is 32.2. The third kappa shape index (κ3) is 13.2. The first kappa shape index (κ1) is 45.5. The van der Waals surface area contributed by atoms with Crippen molar-refractivity contribution in [2.24, 2.45) is 0 Å². The molecular formula is C42H34F12N8. The van der Waals surface area contributed by atoms with Crippen LogP contribution < -0.4 is 0 Å². The van der Waals surface area contributed by atoms with Crippen LogP contribution in [0, 0.1) is 0 Å². The number of hydrogen-bond donors (Lipinski definition) is 0. The maximum atomic E-state index is 13.2. The third-order valence-electron chi connectivity index (χ3n) is 9.29. The number of aromatic nitrogens is 6. The first-order valence-electron chi connectivity index (χ1n) is 18.6. The SMILES string of the molecule is FC(F)(F)c1ccc(CN(Cc2ccc(C(F)(F)F)cn2)Cc2cccc(CCc3cccc(CN(Cc4ccc(C(F)(F)F)cn4)Cc4ccc(C(F)(F)F)cn4)n3)n2)nc1. The molecule has 326 valence electrons. The van der Waals surface area contributed by atoms with Gasteiger partial charge in [-0.05, 0) is 85.6 Å². The van der Waals surface area contributed by atoms with Crippen LogP contribution in [-0.4, -0.2) is 39.7 Å². The van der Waals surface area contributed by atoms with Crippen molar-refractivity contribution in [2.75, 3.05) is 0 Å². The Labute approximate surface area is 346 Å². The summed E-state index contributed by atoms with van der Waals surface area (Å²) >= 11 is 0. The molecule has 0 N–H and O–H groups in total. The molecular weight excluding hydrogens is 844 g/mol. The number of halogens is 12. The highest BCUT2D eigenvalue weighted by Gasteiger charge is 2.33. The van der Waals surface area contributed by atoms with Crippen LogP contribution in [0.1, 0.15) is 67.8 Å². The summed E-state index contributed by atoms with van der Waals surface area (Å²) in [4.78, 5) is 28.7. The predicted octanol–water partition coefficient (Wildman–Crippen LogP) is 10.3. The molecule has 0 aromatic carbocycles. The Morgan fingerprint density at radius 1 is 0.306 bits per heavy atom. The Morgan fingerprint density at radius 2 is 0.548 bits per heavy atom. The van der Waals surface area contributed by atoms with Crippen LogP contribution in [0.15, 0.2) is 110 Å².